The SMILES string of the molecule is CC(C)C(C(=O)N1CCC(O)C1)c1cc(N2CCNCC2)no1. The smallest absolute Gasteiger partial charge is 0.233 e. The minimum atomic E-state index is -0.405. The molecule has 0 aliphatic carbocycles. The van der Waals surface area contributed by atoms with Crippen LogP contribution in [0.15, 0.2) is 10.6 Å². The third kappa shape index (κ3) is 3.50. The average molecular weight is 322 g/mol. The Morgan fingerprint density at radius 3 is 2.74 bits per heavy atom. The van der Waals surface area contributed by atoms with Crippen LogP contribution in [-0.2, 0) is 4.79 Å². The molecular weight excluding hydrogens is 296 g/mol. The van der Waals surface area contributed by atoms with Crippen molar-refractivity contribution >= 4 is 11.7 Å². The lowest BCUT2D eigenvalue weighted by Gasteiger charge is -2.26. The fourth-order valence-corrected chi connectivity index (χ4v) is 3.34. The van der Waals surface area contributed by atoms with E-state index in [1.807, 2.05) is 19.9 Å². The molecule has 0 bridgehead atoms. The minimum absolute atomic E-state index is 0.0274. The predicted octanol–water partition coefficient (Wildman–Crippen LogP) is 0.417. The van der Waals surface area contributed by atoms with Crippen molar-refractivity contribution in [3.05, 3.63) is 11.8 Å². The number of rotatable bonds is 4. The lowest BCUT2D eigenvalue weighted by Crippen LogP contribution is -2.43. The highest BCUT2D eigenvalue weighted by Gasteiger charge is 2.35. The Hall–Kier alpha value is -1.60. The summed E-state index contributed by atoms with van der Waals surface area (Å²) < 4.78 is 5.53. The van der Waals surface area contributed by atoms with E-state index in [1.54, 1.807) is 4.90 Å². The van der Waals surface area contributed by atoms with Crippen molar-refractivity contribution in [2.75, 3.05) is 44.2 Å². The van der Waals surface area contributed by atoms with Gasteiger partial charge in [-0.1, -0.05) is 19.0 Å². The van der Waals surface area contributed by atoms with Crippen molar-refractivity contribution < 1.29 is 14.4 Å². The van der Waals surface area contributed by atoms with Crippen molar-refractivity contribution in [1.29, 1.82) is 0 Å². The highest BCUT2D eigenvalue weighted by molar-refractivity contribution is 5.83. The molecule has 2 aliphatic rings. The van der Waals surface area contributed by atoms with E-state index in [4.69, 9.17) is 4.52 Å². The van der Waals surface area contributed by atoms with E-state index in [0.717, 1.165) is 32.0 Å². The Kier molecular flexibility index (Phi) is 4.87. The number of hydrogen-bond acceptors (Lipinski definition) is 6. The highest BCUT2D eigenvalue weighted by Crippen LogP contribution is 2.30. The first-order chi connectivity index (χ1) is 11.1. The average Bonchev–Trinajstić information content (AvgIpc) is 3.17. The van der Waals surface area contributed by atoms with Gasteiger partial charge in [0.25, 0.3) is 0 Å². The lowest BCUT2D eigenvalue weighted by molar-refractivity contribution is -0.133. The molecule has 2 aliphatic heterocycles. The predicted molar refractivity (Wildman–Crippen MR) is 86.4 cm³/mol. The molecule has 0 saturated carbocycles. The molecule has 2 N–H and O–H groups in total. The van der Waals surface area contributed by atoms with Gasteiger partial charge in [0.2, 0.25) is 5.91 Å². The first-order valence-corrected chi connectivity index (χ1v) is 8.45. The van der Waals surface area contributed by atoms with Crippen LogP contribution < -0.4 is 10.2 Å². The molecule has 7 heteroatoms. The standard InChI is InChI=1S/C16H26N4O3/c1-11(2)15(16(22)20-6-3-12(21)10-20)13-9-14(18-23-13)19-7-4-17-5-8-19/h9,11-12,15,17,21H,3-8,10H2,1-2H3. The van der Waals surface area contributed by atoms with Gasteiger partial charge in [-0.2, -0.15) is 0 Å². The zero-order valence-corrected chi connectivity index (χ0v) is 13.9. The van der Waals surface area contributed by atoms with E-state index in [0.29, 0.717) is 25.3 Å². The zero-order valence-electron chi connectivity index (χ0n) is 13.9. The lowest BCUT2D eigenvalue weighted by atomic mass is 9.92. The van der Waals surface area contributed by atoms with Gasteiger partial charge in [0.15, 0.2) is 11.6 Å². The van der Waals surface area contributed by atoms with Crippen LogP contribution in [0.3, 0.4) is 0 Å². The maximum atomic E-state index is 12.8. The molecule has 1 aromatic heterocycles. The Bertz CT molecular complexity index is 539. The van der Waals surface area contributed by atoms with Crippen molar-refractivity contribution in [3.63, 3.8) is 0 Å². The maximum absolute atomic E-state index is 12.8. The molecule has 2 saturated heterocycles. The second-order valence-electron chi connectivity index (χ2n) is 6.77. The van der Waals surface area contributed by atoms with Crippen LogP contribution >= 0.6 is 0 Å². The molecule has 23 heavy (non-hydrogen) atoms. The number of carbonyl (C=O) groups is 1. The summed E-state index contributed by atoms with van der Waals surface area (Å²) in [4.78, 5) is 16.7. The molecule has 1 aromatic rings. The number of hydrogen-bond donors (Lipinski definition) is 2. The number of carbonyl (C=O) groups excluding carboxylic acids is 1. The summed E-state index contributed by atoms with van der Waals surface area (Å²) in [5.41, 5.74) is 0. The van der Waals surface area contributed by atoms with Crippen LogP contribution in [0.2, 0.25) is 0 Å². The van der Waals surface area contributed by atoms with Crippen LogP contribution in [-0.4, -0.2) is 66.4 Å². The number of anilines is 1. The van der Waals surface area contributed by atoms with Crippen LogP contribution in [0.25, 0.3) is 0 Å². The summed E-state index contributed by atoms with van der Waals surface area (Å²) in [6.07, 6.45) is 0.247. The molecule has 0 aromatic carbocycles. The van der Waals surface area contributed by atoms with E-state index in [2.05, 4.69) is 15.4 Å². The summed E-state index contributed by atoms with van der Waals surface area (Å²) in [5.74, 6) is 1.23. The minimum Gasteiger partial charge on any atom is -0.391 e. The third-order valence-electron chi connectivity index (χ3n) is 4.67. The largest absolute Gasteiger partial charge is 0.391 e. The van der Waals surface area contributed by atoms with Gasteiger partial charge in [-0.15, -0.1) is 0 Å². The molecule has 2 atom stereocenters. The molecule has 2 unspecified atom stereocenters. The molecule has 2 fully saturated rings. The zero-order chi connectivity index (χ0) is 16.4. The number of aliphatic hydroxyl groups excluding tert-OH is 1. The second kappa shape index (κ2) is 6.88. The number of aliphatic hydroxyl groups is 1. The number of nitrogens with one attached hydrogen (secondary N) is 1. The van der Waals surface area contributed by atoms with Crippen molar-refractivity contribution in [2.24, 2.45) is 5.92 Å². The van der Waals surface area contributed by atoms with E-state index in [-0.39, 0.29) is 17.7 Å². The van der Waals surface area contributed by atoms with Gasteiger partial charge < -0.3 is 24.7 Å². The topological polar surface area (TPSA) is 81.8 Å². The summed E-state index contributed by atoms with van der Waals surface area (Å²) >= 11 is 0. The molecule has 1 amide bonds. The number of nitrogens with zero attached hydrogens (tertiary/aromatic N) is 3. The van der Waals surface area contributed by atoms with Gasteiger partial charge in [-0.3, -0.25) is 4.79 Å². The summed E-state index contributed by atoms with van der Waals surface area (Å²) in [6.45, 7) is 8.71. The van der Waals surface area contributed by atoms with Gasteiger partial charge in [-0.05, 0) is 12.3 Å². The fraction of sp³-hybridized carbons (Fsp3) is 0.750. The Morgan fingerprint density at radius 2 is 2.13 bits per heavy atom. The number of β-amino-alcohol motifs (C(OH)–C–C–N with tert-alkyl or cyclic N) is 1. The molecule has 128 valence electrons. The van der Waals surface area contributed by atoms with Crippen molar-refractivity contribution in [3.8, 4) is 0 Å². The van der Waals surface area contributed by atoms with Crippen LogP contribution in [0.5, 0.6) is 0 Å². The molecule has 3 heterocycles. The molecule has 7 nitrogen and oxygen atoms in total. The number of likely N-dealkylation sites (tertiary alicyclic amines) is 1. The quantitative estimate of drug-likeness (QED) is 0.836. The van der Waals surface area contributed by atoms with Gasteiger partial charge in [0.05, 0.1) is 6.10 Å². The van der Waals surface area contributed by atoms with Crippen molar-refractivity contribution in [1.82, 2.24) is 15.4 Å². The Labute approximate surface area is 136 Å². The summed E-state index contributed by atoms with van der Waals surface area (Å²) in [7, 11) is 0. The Morgan fingerprint density at radius 1 is 1.39 bits per heavy atom. The van der Waals surface area contributed by atoms with Gasteiger partial charge in [0.1, 0.15) is 5.92 Å². The Balaban J connectivity index is 1.75. The number of piperazine rings is 1. The fourth-order valence-electron chi connectivity index (χ4n) is 3.34. The molecular formula is C16H26N4O3. The summed E-state index contributed by atoms with van der Waals surface area (Å²) in [6, 6.07) is 1.90. The third-order valence-corrected chi connectivity index (χ3v) is 4.67. The monoisotopic (exact) mass is 322 g/mol. The molecule has 0 spiro atoms. The highest BCUT2D eigenvalue weighted by atomic mass is 16.5. The first-order valence-electron chi connectivity index (χ1n) is 8.45. The maximum Gasteiger partial charge on any atom is 0.233 e. The van der Waals surface area contributed by atoms with E-state index < -0.39 is 6.10 Å². The summed E-state index contributed by atoms with van der Waals surface area (Å²) in [5, 5.41) is 17.1. The van der Waals surface area contributed by atoms with Crippen LogP contribution in [0.1, 0.15) is 31.9 Å². The van der Waals surface area contributed by atoms with E-state index in [1.165, 1.54) is 0 Å². The molecule has 3 rings (SSSR count). The van der Waals surface area contributed by atoms with E-state index >= 15 is 0 Å². The first kappa shape index (κ1) is 16.3. The van der Waals surface area contributed by atoms with Gasteiger partial charge >= 0.3 is 0 Å². The number of aromatic nitrogens is 1. The van der Waals surface area contributed by atoms with Crippen LogP contribution in [0, 0.1) is 5.92 Å². The molecule has 0 radical (unpaired) electrons. The van der Waals surface area contributed by atoms with Gasteiger partial charge in [0, 0.05) is 45.3 Å². The van der Waals surface area contributed by atoms with Crippen molar-refractivity contribution in [2.45, 2.75) is 32.3 Å². The van der Waals surface area contributed by atoms with Crippen LogP contribution in [0.4, 0.5) is 5.82 Å². The van der Waals surface area contributed by atoms with Gasteiger partial charge in [-0.25, -0.2) is 0 Å². The number of amides is 1. The normalized spacial score (nSPS) is 23.6. The van der Waals surface area contributed by atoms with E-state index in [9.17, 15) is 9.90 Å². The second-order valence-corrected chi connectivity index (χ2v) is 6.77.